The van der Waals surface area contributed by atoms with Gasteiger partial charge in [-0.05, 0) is 6.26 Å². The Bertz CT molecular complexity index is 252. The predicted molar refractivity (Wildman–Crippen MR) is 49.5 cm³/mol. The molecule has 0 saturated heterocycles. The molecule has 0 aromatic carbocycles. The number of hydrogen-bond acceptors (Lipinski definition) is 4. The van der Waals surface area contributed by atoms with Gasteiger partial charge in [0.1, 0.15) is 5.25 Å². The molecule has 66 valence electrons. The molecule has 2 atom stereocenters. The third-order valence-electron chi connectivity index (χ3n) is 1.79. The first kappa shape index (κ1) is 9.28. The van der Waals surface area contributed by atoms with Gasteiger partial charge in [0, 0.05) is 11.0 Å². The van der Waals surface area contributed by atoms with Gasteiger partial charge in [-0.1, -0.05) is 18.2 Å². The van der Waals surface area contributed by atoms with Crippen molar-refractivity contribution in [2.75, 3.05) is 6.26 Å². The van der Waals surface area contributed by atoms with Crippen LogP contribution in [0.1, 0.15) is 0 Å². The summed E-state index contributed by atoms with van der Waals surface area (Å²) in [6.07, 6.45) is 8.35. The highest BCUT2D eigenvalue weighted by Crippen LogP contribution is 2.25. The number of thioether (sulfide) groups is 1. The second-order valence-corrected chi connectivity index (χ2v) is 3.52. The van der Waals surface area contributed by atoms with Gasteiger partial charge in [0.05, 0.1) is 0 Å². The minimum atomic E-state index is -1.44. The number of allylic oxidation sites excluding steroid dienone is 2. The predicted octanol–water partition coefficient (Wildman–Crippen LogP) is 0.776. The van der Waals surface area contributed by atoms with E-state index in [0.717, 1.165) is 0 Å². The fraction of sp³-hybridized carbons (Fsp3) is 0.429. The van der Waals surface area contributed by atoms with Crippen LogP contribution in [0.5, 0.6) is 0 Å². The van der Waals surface area contributed by atoms with E-state index in [4.69, 9.17) is 5.73 Å². The summed E-state index contributed by atoms with van der Waals surface area (Å²) in [6, 6.07) is 0. The molecule has 1 rings (SSSR count). The molecule has 5 heteroatoms. The van der Waals surface area contributed by atoms with Gasteiger partial charge in [0.25, 0.3) is 0 Å². The van der Waals surface area contributed by atoms with Crippen molar-refractivity contribution in [3.63, 3.8) is 0 Å². The molecule has 0 radical (unpaired) electrons. The summed E-state index contributed by atoms with van der Waals surface area (Å²) < 4.78 is 0. The van der Waals surface area contributed by atoms with E-state index in [-0.39, 0.29) is 5.25 Å². The van der Waals surface area contributed by atoms with E-state index in [9.17, 15) is 10.1 Å². The van der Waals surface area contributed by atoms with Crippen LogP contribution in [0.4, 0.5) is 0 Å². The molecule has 0 aliphatic heterocycles. The van der Waals surface area contributed by atoms with E-state index in [2.05, 4.69) is 0 Å². The Labute approximate surface area is 74.7 Å². The Hall–Kier alpha value is -0.810. The van der Waals surface area contributed by atoms with Crippen LogP contribution in [0, 0.1) is 10.1 Å². The van der Waals surface area contributed by atoms with Gasteiger partial charge >= 0.3 is 5.66 Å². The van der Waals surface area contributed by atoms with E-state index >= 15 is 0 Å². The highest BCUT2D eigenvalue weighted by atomic mass is 32.2. The Kier molecular flexibility index (Phi) is 2.54. The molecule has 0 bridgehead atoms. The third kappa shape index (κ3) is 1.37. The van der Waals surface area contributed by atoms with E-state index in [1.807, 2.05) is 0 Å². The standard InChI is InChI=1S/C7H10N2O2S/c1-12-6-4-2-3-5-7(6,8)9(10)11/h2-6H,8H2,1H3. The van der Waals surface area contributed by atoms with Gasteiger partial charge in [-0.15, -0.1) is 11.8 Å². The Morgan fingerprint density at radius 1 is 1.67 bits per heavy atom. The summed E-state index contributed by atoms with van der Waals surface area (Å²) in [5.74, 6) is 0. The number of nitro groups is 1. The van der Waals surface area contributed by atoms with Crippen LogP contribution in [0.3, 0.4) is 0 Å². The van der Waals surface area contributed by atoms with Gasteiger partial charge in [-0.25, -0.2) is 0 Å². The first-order chi connectivity index (χ1) is 5.61. The van der Waals surface area contributed by atoms with Crippen molar-refractivity contribution in [3.8, 4) is 0 Å². The van der Waals surface area contributed by atoms with Gasteiger partial charge in [-0.3, -0.25) is 15.8 Å². The molecule has 0 amide bonds. The summed E-state index contributed by atoms with van der Waals surface area (Å²) >= 11 is 1.38. The van der Waals surface area contributed by atoms with Gasteiger partial charge in [0.2, 0.25) is 0 Å². The second kappa shape index (κ2) is 3.28. The monoisotopic (exact) mass is 186 g/mol. The van der Waals surface area contributed by atoms with Crippen molar-refractivity contribution < 1.29 is 4.92 Å². The molecule has 0 fully saturated rings. The molecule has 0 heterocycles. The molecule has 12 heavy (non-hydrogen) atoms. The third-order valence-corrected chi connectivity index (χ3v) is 2.83. The lowest BCUT2D eigenvalue weighted by Gasteiger charge is -2.24. The molecule has 2 N–H and O–H groups in total. The Morgan fingerprint density at radius 3 is 2.75 bits per heavy atom. The molecule has 0 aromatic heterocycles. The molecule has 4 nitrogen and oxygen atoms in total. The fourth-order valence-electron chi connectivity index (χ4n) is 1.06. The molecule has 1 aliphatic rings. The van der Waals surface area contributed by atoms with Crippen LogP contribution >= 0.6 is 11.8 Å². The van der Waals surface area contributed by atoms with Crippen molar-refractivity contribution in [2.24, 2.45) is 5.73 Å². The smallest absolute Gasteiger partial charge is 0.262 e. The highest BCUT2D eigenvalue weighted by molar-refractivity contribution is 7.99. The van der Waals surface area contributed by atoms with E-state index in [0.29, 0.717) is 0 Å². The molecule has 0 spiro atoms. The van der Waals surface area contributed by atoms with Crippen molar-refractivity contribution in [3.05, 3.63) is 34.4 Å². The normalized spacial score (nSPS) is 33.7. The zero-order chi connectivity index (χ0) is 9.19. The topological polar surface area (TPSA) is 69.2 Å². The van der Waals surface area contributed by atoms with Crippen LogP contribution in [-0.2, 0) is 0 Å². The average Bonchev–Trinajstić information content (AvgIpc) is 2.05. The van der Waals surface area contributed by atoms with E-state index in [1.165, 1.54) is 17.8 Å². The van der Waals surface area contributed by atoms with Crippen LogP contribution in [0.15, 0.2) is 24.3 Å². The van der Waals surface area contributed by atoms with Crippen LogP contribution in [0.2, 0.25) is 0 Å². The van der Waals surface area contributed by atoms with Crippen molar-refractivity contribution in [1.82, 2.24) is 0 Å². The van der Waals surface area contributed by atoms with Crippen LogP contribution < -0.4 is 5.73 Å². The zero-order valence-corrected chi connectivity index (χ0v) is 7.45. The quantitative estimate of drug-likeness (QED) is 0.393. The maximum absolute atomic E-state index is 10.6. The Balaban J connectivity index is 2.94. The summed E-state index contributed by atoms with van der Waals surface area (Å²) in [7, 11) is 0. The van der Waals surface area contributed by atoms with Crippen LogP contribution in [0.25, 0.3) is 0 Å². The minimum absolute atomic E-state index is 0.280. The fourth-order valence-corrected chi connectivity index (χ4v) is 1.85. The van der Waals surface area contributed by atoms with E-state index < -0.39 is 10.6 Å². The minimum Gasteiger partial charge on any atom is -0.262 e. The highest BCUT2D eigenvalue weighted by Gasteiger charge is 2.43. The number of rotatable bonds is 2. The summed E-state index contributed by atoms with van der Waals surface area (Å²) in [6.45, 7) is 0. The number of hydrogen-bond donors (Lipinski definition) is 1. The molecular weight excluding hydrogens is 176 g/mol. The van der Waals surface area contributed by atoms with Crippen molar-refractivity contribution >= 4 is 11.8 Å². The maximum Gasteiger partial charge on any atom is 0.306 e. The second-order valence-electron chi connectivity index (χ2n) is 2.54. The van der Waals surface area contributed by atoms with Gasteiger partial charge in [-0.2, -0.15) is 0 Å². The summed E-state index contributed by atoms with van der Waals surface area (Å²) in [5, 5.41) is 10.3. The summed E-state index contributed by atoms with van der Waals surface area (Å²) in [5.41, 5.74) is 4.16. The molecular formula is C7H10N2O2S. The maximum atomic E-state index is 10.6. The number of nitrogens with zero attached hydrogens (tertiary/aromatic N) is 1. The van der Waals surface area contributed by atoms with Crippen molar-refractivity contribution in [1.29, 1.82) is 0 Å². The molecule has 2 unspecified atom stereocenters. The lowest BCUT2D eigenvalue weighted by Crippen LogP contribution is -2.54. The molecule has 0 saturated carbocycles. The molecule has 1 aliphatic carbocycles. The van der Waals surface area contributed by atoms with Gasteiger partial charge < -0.3 is 0 Å². The largest absolute Gasteiger partial charge is 0.306 e. The zero-order valence-electron chi connectivity index (χ0n) is 6.64. The van der Waals surface area contributed by atoms with Gasteiger partial charge in [0.15, 0.2) is 0 Å². The van der Waals surface area contributed by atoms with Crippen molar-refractivity contribution in [2.45, 2.75) is 10.9 Å². The van der Waals surface area contributed by atoms with Crippen LogP contribution in [-0.4, -0.2) is 22.1 Å². The Morgan fingerprint density at radius 2 is 2.33 bits per heavy atom. The number of nitrogens with two attached hydrogens (primary N) is 1. The SMILES string of the molecule is CSC1C=CC=CC1(N)[N+](=O)[O-]. The van der Waals surface area contributed by atoms with E-state index in [1.54, 1.807) is 24.5 Å². The lowest BCUT2D eigenvalue weighted by molar-refractivity contribution is -0.551. The first-order valence-electron chi connectivity index (χ1n) is 3.43. The first-order valence-corrected chi connectivity index (χ1v) is 4.72. The average molecular weight is 186 g/mol. The molecule has 0 aromatic rings. The lowest BCUT2D eigenvalue weighted by atomic mass is 10.0. The summed E-state index contributed by atoms with van der Waals surface area (Å²) in [4.78, 5) is 10.2.